The molecule has 1 aliphatic rings. The van der Waals surface area contributed by atoms with Gasteiger partial charge in [0.15, 0.2) is 0 Å². The third-order valence-electron chi connectivity index (χ3n) is 3.60. The van der Waals surface area contributed by atoms with Crippen molar-refractivity contribution in [3.8, 4) is 0 Å². The monoisotopic (exact) mass is 222 g/mol. The van der Waals surface area contributed by atoms with Crippen molar-refractivity contribution in [2.24, 2.45) is 5.73 Å². The molecule has 0 bridgehead atoms. The lowest BCUT2D eigenvalue weighted by molar-refractivity contribution is -0.129. The number of rotatable bonds is 2. The normalized spacial score (nSPS) is 26.9. The van der Waals surface area contributed by atoms with Gasteiger partial charge in [0.25, 0.3) is 0 Å². The fourth-order valence-electron chi connectivity index (χ4n) is 2.30. The summed E-state index contributed by atoms with van der Waals surface area (Å²) in [5.74, 6) is 1.11. The van der Waals surface area contributed by atoms with Crippen molar-refractivity contribution in [3.05, 3.63) is 24.2 Å². The third kappa shape index (κ3) is 1.85. The minimum absolute atomic E-state index is 0.163. The minimum Gasteiger partial charge on any atom is -0.469 e. The summed E-state index contributed by atoms with van der Waals surface area (Å²) in [6, 6.07) is 3.84. The Balaban J connectivity index is 2.25. The predicted octanol–water partition coefficient (Wildman–Crippen LogP) is 1.12. The average Bonchev–Trinajstić information content (AvgIpc) is 2.79. The standard InChI is InChI=1S/C12H18N2O2/c1-14-7-6-12(9-13,5-4-11(14)15)10-3-2-8-16-10/h2-3,8H,4-7,9,13H2,1H3. The van der Waals surface area contributed by atoms with E-state index in [0.29, 0.717) is 13.0 Å². The van der Waals surface area contributed by atoms with Crippen LogP contribution in [-0.2, 0) is 10.2 Å². The molecule has 1 aromatic rings. The topological polar surface area (TPSA) is 59.5 Å². The molecular formula is C12H18N2O2. The molecular weight excluding hydrogens is 204 g/mol. The zero-order valence-corrected chi connectivity index (χ0v) is 9.61. The van der Waals surface area contributed by atoms with Gasteiger partial charge in [-0.3, -0.25) is 4.79 Å². The Morgan fingerprint density at radius 2 is 2.38 bits per heavy atom. The highest BCUT2D eigenvalue weighted by atomic mass is 16.3. The number of hydrogen-bond donors (Lipinski definition) is 1. The van der Waals surface area contributed by atoms with Crippen LogP contribution in [0.3, 0.4) is 0 Å². The SMILES string of the molecule is CN1CCC(CN)(c2ccco2)CCC1=O. The number of carbonyl (C=O) groups is 1. The summed E-state index contributed by atoms with van der Waals surface area (Å²) < 4.78 is 5.48. The summed E-state index contributed by atoms with van der Waals surface area (Å²) in [6.45, 7) is 1.28. The van der Waals surface area contributed by atoms with Gasteiger partial charge in [-0.05, 0) is 25.0 Å². The average molecular weight is 222 g/mol. The van der Waals surface area contributed by atoms with Crippen LogP contribution in [-0.4, -0.2) is 30.9 Å². The third-order valence-corrected chi connectivity index (χ3v) is 3.60. The maximum atomic E-state index is 11.6. The van der Waals surface area contributed by atoms with Crippen LogP contribution in [0, 0.1) is 0 Å². The van der Waals surface area contributed by atoms with Crippen LogP contribution in [0.4, 0.5) is 0 Å². The van der Waals surface area contributed by atoms with Crippen LogP contribution < -0.4 is 5.73 Å². The molecule has 1 amide bonds. The molecule has 1 aromatic heterocycles. The van der Waals surface area contributed by atoms with E-state index in [1.165, 1.54) is 0 Å². The van der Waals surface area contributed by atoms with Crippen molar-refractivity contribution in [1.82, 2.24) is 4.90 Å². The van der Waals surface area contributed by atoms with Gasteiger partial charge in [0, 0.05) is 32.0 Å². The molecule has 1 fully saturated rings. The molecule has 1 atom stereocenters. The van der Waals surface area contributed by atoms with Gasteiger partial charge >= 0.3 is 0 Å². The molecule has 1 saturated heterocycles. The summed E-state index contributed by atoms with van der Waals surface area (Å²) in [4.78, 5) is 13.4. The first kappa shape index (κ1) is 11.2. The van der Waals surface area contributed by atoms with Crippen molar-refractivity contribution in [1.29, 1.82) is 0 Å². The van der Waals surface area contributed by atoms with Gasteiger partial charge in [0.05, 0.1) is 6.26 Å². The smallest absolute Gasteiger partial charge is 0.222 e. The van der Waals surface area contributed by atoms with Gasteiger partial charge in [-0.2, -0.15) is 0 Å². The van der Waals surface area contributed by atoms with Crippen LogP contribution in [0.5, 0.6) is 0 Å². The number of furan rings is 1. The van der Waals surface area contributed by atoms with Crippen molar-refractivity contribution in [2.75, 3.05) is 20.1 Å². The summed E-state index contributed by atoms with van der Waals surface area (Å²) in [6.07, 6.45) is 3.87. The highest BCUT2D eigenvalue weighted by molar-refractivity contribution is 5.76. The lowest BCUT2D eigenvalue weighted by atomic mass is 9.78. The summed E-state index contributed by atoms with van der Waals surface area (Å²) >= 11 is 0. The van der Waals surface area contributed by atoms with E-state index in [1.54, 1.807) is 11.2 Å². The van der Waals surface area contributed by atoms with Gasteiger partial charge in [0.2, 0.25) is 5.91 Å². The van der Waals surface area contributed by atoms with Gasteiger partial charge in [-0.25, -0.2) is 0 Å². The number of hydrogen-bond acceptors (Lipinski definition) is 3. The van der Waals surface area contributed by atoms with Crippen molar-refractivity contribution >= 4 is 5.91 Å². The van der Waals surface area contributed by atoms with E-state index < -0.39 is 0 Å². The molecule has 0 spiro atoms. The maximum Gasteiger partial charge on any atom is 0.222 e. The molecule has 0 saturated carbocycles. The van der Waals surface area contributed by atoms with Gasteiger partial charge in [-0.1, -0.05) is 0 Å². The lowest BCUT2D eigenvalue weighted by Gasteiger charge is -2.28. The Kier molecular flexibility index (Phi) is 3.01. The molecule has 4 nitrogen and oxygen atoms in total. The van der Waals surface area contributed by atoms with E-state index in [2.05, 4.69) is 0 Å². The Hall–Kier alpha value is -1.29. The second-order valence-corrected chi connectivity index (χ2v) is 4.53. The Morgan fingerprint density at radius 1 is 1.56 bits per heavy atom. The number of amides is 1. The number of likely N-dealkylation sites (tertiary alicyclic amines) is 1. The maximum absolute atomic E-state index is 11.6. The van der Waals surface area contributed by atoms with E-state index in [1.807, 2.05) is 19.2 Å². The van der Waals surface area contributed by atoms with E-state index in [9.17, 15) is 4.79 Å². The fourth-order valence-corrected chi connectivity index (χ4v) is 2.30. The highest BCUT2D eigenvalue weighted by Gasteiger charge is 2.36. The van der Waals surface area contributed by atoms with E-state index in [4.69, 9.17) is 10.2 Å². The zero-order chi connectivity index (χ0) is 11.6. The van der Waals surface area contributed by atoms with E-state index in [-0.39, 0.29) is 11.3 Å². The first-order valence-corrected chi connectivity index (χ1v) is 5.66. The van der Waals surface area contributed by atoms with Crippen molar-refractivity contribution in [2.45, 2.75) is 24.7 Å². The molecule has 2 N–H and O–H groups in total. The molecule has 2 heterocycles. The van der Waals surface area contributed by atoms with Gasteiger partial charge < -0.3 is 15.1 Å². The van der Waals surface area contributed by atoms with Gasteiger partial charge in [-0.15, -0.1) is 0 Å². The highest BCUT2D eigenvalue weighted by Crippen LogP contribution is 2.34. The first-order valence-electron chi connectivity index (χ1n) is 5.66. The number of nitrogens with zero attached hydrogens (tertiary/aromatic N) is 1. The minimum atomic E-state index is -0.163. The summed E-state index contributed by atoms with van der Waals surface area (Å²) in [7, 11) is 1.84. The molecule has 0 aromatic carbocycles. The second-order valence-electron chi connectivity index (χ2n) is 4.53. The Morgan fingerprint density at radius 3 is 3.00 bits per heavy atom. The Labute approximate surface area is 95.4 Å². The van der Waals surface area contributed by atoms with Crippen LogP contribution in [0.1, 0.15) is 25.0 Å². The first-order chi connectivity index (χ1) is 7.68. The van der Waals surface area contributed by atoms with Crippen LogP contribution >= 0.6 is 0 Å². The molecule has 0 radical (unpaired) electrons. The Bertz CT molecular complexity index is 361. The largest absolute Gasteiger partial charge is 0.469 e. The lowest BCUT2D eigenvalue weighted by Crippen LogP contribution is -2.35. The number of carbonyl (C=O) groups excluding carboxylic acids is 1. The molecule has 0 aliphatic carbocycles. The second kappa shape index (κ2) is 4.29. The quantitative estimate of drug-likeness (QED) is 0.815. The molecule has 1 aliphatic heterocycles. The van der Waals surface area contributed by atoms with Gasteiger partial charge in [0.1, 0.15) is 5.76 Å². The van der Waals surface area contributed by atoms with Crippen molar-refractivity contribution in [3.63, 3.8) is 0 Å². The van der Waals surface area contributed by atoms with Crippen molar-refractivity contribution < 1.29 is 9.21 Å². The zero-order valence-electron chi connectivity index (χ0n) is 9.61. The summed E-state index contributed by atoms with van der Waals surface area (Å²) in [5, 5.41) is 0. The predicted molar refractivity (Wildman–Crippen MR) is 60.9 cm³/mol. The fraction of sp³-hybridized carbons (Fsp3) is 0.583. The molecule has 88 valence electrons. The molecule has 2 rings (SSSR count). The molecule has 16 heavy (non-hydrogen) atoms. The number of nitrogens with two attached hydrogens (primary N) is 1. The van der Waals surface area contributed by atoms with Crippen LogP contribution in [0.15, 0.2) is 22.8 Å². The molecule has 4 heteroatoms. The van der Waals surface area contributed by atoms with Crippen LogP contribution in [0.2, 0.25) is 0 Å². The molecule has 1 unspecified atom stereocenters. The van der Waals surface area contributed by atoms with E-state index >= 15 is 0 Å². The van der Waals surface area contributed by atoms with Crippen LogP contribution in [0.25, 0.3) is 0 Å². The van der Waals surface area contributed by atoms with E-state index in [0.717, 1.165) is 25.1 Å². The summed E-state index contributed by atoms with van der Waals surface area (Å²) in [5.41, 5.74) is 5.74.